The van der Waals surface area contributed by atoms with Gasteiger partial charge in [-0.2, -0.15) is 0 Å². The summed E-state index contributed by atoms with van der Waals surface area (Å²) in [7, 11) is 4.05. The summed E-state index contributed by atoms with van der Waals surface area (Å²) in [6.45, 7) is 1.09. The lowest BCUT2D eigenvalue weighted by atomic mass is 9.95. The fourth-order valence-corrected chi connectivity index (χ4v) is 2.51. The van der Waals surface area contributed by atoms with Crippen molar-refractivity contribution in [3.63, 3.8) is 0 Å². The Morgan fingerprint density at radius 3 is 3.07 bits per heavy atom. The van der Waals surface area contributed by atoms with Crippen LogP contribution in [0.5, 0.6) is 0 Å². The van der Waals surface area contributed by atoms with Gasteiger partial charge in [0, 0.05) is 13.0 Å². The van der Waals surface area contributed by atoms with Gasteiger partial charge in [0.15, 0.2) is 0 Å². The molecular formula is C10H18N4. The normalized spacial score (nSPS) is 27.0. The van der Waals surface area contributed by atoms with Gasteiger partial charge in [0.1, 0.15) is 12.2 Å². The fourth-order valence-electron chi connectivity index (χ4n) is 2.51. The Morgan fingerprint density at radius 1 is 1.57 bits per heavy atom. The molecule has 4 nitrogen and oxygen atoms in total. The van der Waals surface area contributed by atoms with Crippen LogP contribution in [0.2, 0.25) is 0 Å². The standard InChI is InChI=1S/C10H18N4/c1-11-6-8-4-3-5-9(8)10-13-12-7-14(10)2/h7-9,11H,3-6H2,1-2H3. The molecule has 0 saturated heterocycles. The Balaban J connectivity index is 2.13. The molecule has 4 heteroatoms. The number of aryl methyl sites for hydroxylation is 1. The average Bonchev–Trinajstić information content (AvgIpc) is 2.74. The van der Waals surface area contributed by atoms with Gasteiger partial charge in [-0.05, 0) is 32.4 Å². The first-order valence-corrected chi connectivity index (χ1v) is 5.31. The van der Waals surface area contributed by atoms with E-state index in [1.807, 2.05) is 14.1 Å². The molecule has 1 saturated carbocycles. The molecule has 0 radical (unpaired) electrons. The lowest BCUT2D eigenvalue weighted by Gasteiger charge is -2.17. The Morgan fingerprint density at radius 2 is 2.43 bits per heavy atom. The van der Waals surface area contributed by atoms with Crippen molar-refractivity contribution in [3.05, 3.63) is 12.2 Å². The van der Waals surface area contributed by atoms with Gasteiger partial charge in [-0.1, -0.05) is 6.42 Å². The molecule has 78 valence electrons. The zero-order chi connectivity index (χ0) is 9.97. The van der Waals surface area contributed by atoms with Crippen LogP contribution in [-0.4, -0.2) is 28.4 Å². The third-order valence-electron chi connectivity index (χ3n) is 3.20. The predicted octanol–water partition coefficient (Wildman–Crippen LogP) is 0.918. The second-order valence-electron chi connectivity index (χ2n) is 4.16. The minimum atomic E-state index is 0.606. The highest BCUT2D eigenvalue weighted by molar-refractivity contribution is 5.02. The van der Waals surface area contributed by atoms with Crippen LogP contribution in [0, 0.1) is 5.92 Å². The fraction of sp³-hybridized carbons (Fsp3) is 0.800. The molecule has 1 N–H and O–H groups in total. The van der Waals surface area contributed by atoms with Gasteiger partial charge in [-0.25, -0.2) is 0 Å². The summed E-state index contributed by atoms with van der Waals surface area (Å²) in [6.07, 6.45) is 5.70. The van der Waals surface area contributed by atoms with Crippen molar-refractivity contribution in [1.82, 2.24) is 20.1 Å². The lowest BCUT2D eigenvalue weighted by molar-refractivity contribution is 0.439. The topological polar surface area (TPSA) is 42.7 Å². The van der Waals surface area contributed by atoms with Crippen LogP contribution in [-0.2, 0) is 7.05 Å². The zero-order valence-electron chi connectivity index (χ0n) is 8.90. The summed E-state index contributed by atoms with van der Waals surface area (Å²) in [6, 6.07) is 0. The molecule has 1 heterocycles. The van der Waals surface area contributed by atoms with E-state index in [2.05, 4.69) is 20.1 Å². The molecule has 0 amide bonds. The molecule has 2 atom stereocenters. The first-order valence-electron chi connectivity index (χ1n) is 5.31. The number of aromatic nitrogens is 3. The summed E-state index contributed by atoms with van der Waals surface area (Å²) >= 11 is 0. The minimum absolute atomic E-state index is 0.606. The van der Waals surface area contributed by atoms with E-state index < -0.39 is 0 Å². The molecular weight excluding hydrogens is 176 g/mol. The molecule has 0 spiro atoms. The minimum Gasteiger partial charge on any atom is -0.320 e. The van der Waals surface area contributed by atoms with Crippen molar-refractivity contribution in [3.8, 4) is 0 Å². The Kier molecular flexibility index (Phi) is 2.82. The first kappa shape index (κ1) is 9.65. The Bertz CT molecular complexity index is 294. The average molecular weight is 194 g/mol. The molecule has 2 unspecified atom stereocenters. The summed E-state index contributed by atoms with van der Waals surface area (Å²) in [4.78, 5) is 0. The van der Waals surface area contributed by atoms with E-state index in [0.717, 1.165) is 18.3 Å². The molecule has 1 aliphatic carbocycles. The van der Waals surface area contributed by atoms with E-state index in [1.165, 1.54) is 19.3 Å². The Labute approximate surface area is 84.7 Å². The summed E-state index contributed by atoms with van der Waals surface area (Å²) in [5.41, 5.74) is 0. The monoisotopic (exact) mass is 194 g/mol. The van der Waals surface area contributed by atoms with Crippen molar-refractivity contribution in [2.45, 2.75) is 25.2 Å². The highest BCUT2D eigenvalue weighted by Crippen LogP contribution is 2.37. The highest BCUT2D eigenvalue weighted by atomic mass is 15.2. The van der Waals surface area contributed by atoms with Gasteiger partial charge in [-0.3, -0.25) is 0 Å². The van der Waals surface area contributed by atoms with E-state index in [-0.39, 0.29) is 0 Å². The molecule has 2 rings (SSSR count). The van der Waals surface area contributed by atoms with Gasteiger partial charge >= 0.3 is 0 Å². The predicted molar refractivity (Wildman–Crippen MR) is 55.0 cm³/mol. The van der Waals surface area contributed by atoms with Crippen LogP contribution in [0.1, 0.15) is 31.0 Å². The van der Waals surface area contributed by atoms with Gasteiger partial charge in [0.25, 0.3) is 0 Å². The number of hydrogen-bond acceptors (Lipinski definition) is 3. The smallest absolute Gasteiger partial charge is 0.135 e. The van der Waals surface area contributed by atoms with Crippen molar-refractivity contribution in [2.24, 2.45) is 13.0 Å². The van der Waals surface area contributed by atoms with Crippen molar-refractivity contribution < 1.29 is 0 Å². The number of nitrogens with zero attached hydrogens (tertiary/aromatic N) is 3. The number of rotatable bonds is 3. The maximum atomic E-state index is 4.22. The van der Waals surface area contributed by atoms with Crippen molar-refractivity contribution >= 4 is 0 Å². The highest BCUT2D eigenvalue weighted by Gasteiger charge is 2.30. The maximum Gasteiger partial charge on any atom is 0.135 e. The van der Waals surface area contributed by atoms with E-state index in [1.54, 1.807) is 6.33 Å². The molecule has 1 aromatic rings. The molecule has 1 aliphatic rings. The summed E-state index contributed by atoms with van der Waals surface area (Å²) < 4.78 is 2.05. The van der Waals surface area contributed by atoms with Gasteiger partial charge < -0.3 is 9.88 Å². The van der Waals surface area contributed by atoms with E-state index in [0.29, 0.717) is 5.92 Å². The Hall–Kier alpha value is -0.900. The lowest BCUT2D eigenvalue weighted by Crippen LogP contribution is -2.22. The second kappa shape index (κ2) is 4.09. The van der Waals surface area contributed by atoms with E-state index in [9.17, 15) is 0 Å². The van der Waals surface area contributed by atoms with Crippen LogP contribution in [0.4, 0.5) is 0 Å². The SMILES string of the molecule is CNCC1CCCC1c1nncn1C. The van der Waals surface area contributed by atoms with E-state index >= 15 is 0 Å². The van der Waals surface area contributed by atoms with Crippen molar-refractivity contribution in [1.29, 1.82) is 0 Å². The third-order valence-corrected chi connectivity index (χ3v) is 3.20. The van der Waals surface area contributed by atoms with Crippen LogP contribution in [0.25, 0.3) is 0 Å². The molecule has 0 aromatic carbocycles. The molecule has 0 bridgehead atoms. The third kappa shape index (κ3) is 1.66. The van der Waals surface area contributed by atoms with Crippen LogP contribution >= 0.6 is 0 Å². The quantitative estimate of drug-likeness (QED) is 0.778. The zero-order valence-corrected chi connectivity index (χ0v) is 8.90. The summed E-state index contributed by atoms with van der Waals surface area (Å²) in [5.74, 6) is 2.50. The van der Waals surface area contributed by atoms with Gasteiger partial charge in [-0.15, -0.1) is 10.2 Å². The maximum absolute atomic E-state index is 4.22. The van der Waals surface area contributed by atoms with E-state index in [4.69, 9.17) is 0 Å². The van der Waals surface area contributed by atoms with Gasteiger partial charge in [0.2, 0.25) is 0 Å². The molecule has 1 aromatic heterocycles. The largest absolute Gasteiger partial charge is 0.320 e. The van der Waals surface area contributed by atoms with Crippen molar-refractivity contribution in [2.75, 3.05) is 13.6 Å². The number of nitrogens with one attached hydrogen (secondary N) is 1. The first-order chi connectivity index (χ1) is 6.83. The number of hydrogen-bond donors (Lipinski definition) is 1. The summed E-state index contributed by atoms with van der Waals surface area (Å²) in [5, 5.41) is 11.4. The molecule has 14 heavy (non-hydrogen) atoms. The molecule has 0 aliphatic heterocycles. The van der Waals surface area contributed by atoms with Crippen LogP contribution in [0.15, 0.2) is 6.33 Å². The molecule has 1 fully saturated rings. The second-order valence-corrected chi connectivity index (χ2v) is 4.16. The van der Waals surface area contributed by atoms with Gasteiger partial charge in [0.05, 0.1) is 0 Å². The van der Waals surface area contributed by atoms with Crippen LogP contribution in [0.3, 0.4) is 0 Å². The van der Waals surface area contributed by atoms with Crippen LogP contribution < -0.4 is 5.32 Å².